The number of benzene rings is 2. The molecule has 41 heavy (non-hydrogen) atoms. The predicted molar refractivity (Wildman–Crippen MR) is 144 cm³/mol. The van der Waals surface area contributed by atoms with Gasteiger partial charge in [0.2, 0.25) is 5.91 Å². The van der Waals surface area contributed by atoms with E-state index in [0.29, 0.717) is 38.9 Å². The molecule has 0 saturated carbocycles. The van der Waals surface area contributed by atoms with E-state index < -0.39 is 29.9 Å². The molecule has 1 saturated heterocycles. The lowest BCUT2D eigenvalue weighted by molar-refractivity contribution is -0.274. The zero-order valence-corrected chi connectivity index (χ0v) is 22.2. The van der Waals surface area contributed by atoms with Crippen LogP contribution in [0.15, 0.2) is 64.3 Å². The van der Waals surface area contributed by atoms with Gasteiger partial charge in [-0.1, -0.05) is 36.4 Å². The average molecular weight is 572 g/mol. The Balaban J connectivity index is 1.29. The van der Waals surface area contributed by atoms with Gasteiger partial charge in [0, 0.05) is 50.2 Å². The van der Waals surface area contributed by atoms with Crippen LogP contribution in [0.1, 0.15) is 18.4 Å². The van der Waals surface area contributed by atoms with Crippen LogP contribution >= 0.6 is 0 Å². The van der Waals surface area contributed by atoms with E-state index in [1.807, 2.05) is 24.3 Å². The van der Waals surface area contributed by atoms with Crippen molar-refractivity contribution in [2.45, 2.75) is 38.2 Å². The van der Waals surface area contributed by atoms with Gasteiger partial charge in [-0.25, -0.2) is 9.59 Å². The second-order valence-electron chi connectivity index (χ2n) is 10.0. The zero-order chi connectivity index (χ0) is 29.3. The molecule has 0 bridgehead atoms. The van der Waals surface area contributed by atoms with Gasteiger partial charge in [0.25, 0.3) is 5.56 Å². The Kier molecular flexibility index (Phi) is 7.61. The fourth-order valence-corrected chi connectivity index (χ4v) is 5.34. The number of amides is 3. The predicted octanol–water partition coefficient (Wildman–Crippen LogP) is 3.19. The molecule has 1 N–H and O–H groups in total. The highest BCUT2D eigenvalue weighted by Gasteiger charge is 2.33. The lowest BCUT2D eigenvalue weighted by Crippen LogP contribution is -2.51. The quantitative estimate of drug-likeness (QED) is 0.507. The van der Waals surface area contributed by atoms with Gasteiger partial charge >= 0.3 is 18.1 Å². The Hall–Kier alpha value is -4.55. The maximum absolute atomic E-state index is 13.2. The van der Waals surface area contributed by atoms with Crippen LogP contribution in [0.25, 0.3) is 11.1 Å². The molecule has 2 aromatic carbocycles. The molecule has 13 heteroatoms. The molecular weight excluding hydrogens is 543 g/mol. The number of nitrogens with one attached hydrogen (secondary N) is 1. The van der Waals surface area contributed by atoms with E-state index in [2.05, 4.69) is 10.1 Å². The summed E-state index contributed by atoms with van der Waals surface area (Å²) >= 11 is 0. The Morgan fingerprint density at radius 3 is 2.39 bits per heavy atom. The van der Waals surface area contributed by atoms with Crippen molar-refractivity contribution in [2.75, 3.05) is 25.0 Å². The topological polar surface area (TPSA) is 106 Å². The molecule has 0 aliphatic carbocycles. The number of aromatic nitrogens is 2. The summed E-state index contributed by atoms with van der Waals surface area (Å²) in [7, 11) is 1.19. The molecule has 0 spiro atoms. The molecular formula is C28H28F3N5O5. The van der Waals surface area contributed by atoms with Crippen LogP contribution in [0.2, 0.25) is 0 Å². The lowest BCUT2D eigenvalue weighted by Gasteiger charge is -2.38. The number of rotatable bonds is 5. The molecule has 216 valence electrons. The standard InChI is InChI=1S/C28H28F3N5O5/c1-33-25(38)21(20-7-3-5-9-23(20)41-28(29,30)31)16-35(27(33)40)17-24(37)34-13-11-19(12-14-34)36-15-10-18-6-2-4-8-22(18)32-26(36)39/h2-9,16,19H,10-15,17H2,1H3,(H,32,39). The van der Waals surface area contributed by atoms with Crippen molar-refractivity contribution in [3.63, 3.8) is 0 Å². The summed E-state index contributed by atoms with van der Waals surface area (Å²) in [5.41, 5.74) is -0.127. The third kappa shape index (κ3) is 5.98. The first-order chi connectivity index (χ1) is 19.5. The Labute approximate surface area is 232 Å². The first kappa shape index (κ1) is 28.0. The highest BCUT2D eigenvalue weighted by Crippen LogP contribution is 2.32. The number of ether oxygens (including phenoxy) is 1. The molecule has 0 atom stereocenters. The van der Waals surface area contributed by atoms with Gasteiger partial charge in [-0.2, -0.15) is 0 Å². The van der Waals surface area contributed by atoms with Crippen LogP contribution in [0, 0.1) is 0 Å². The zero-order valence-electron chi connectivity index (χ0n) is 22.2. The maximum Gasteiger partial charge on any atom is 0.573 e. The minimum atomic E-state index is -4.99. The van der Waals surface area contributed by atoms with Crippen LogP contribution < -0.4 is 21.3 Å². The molecule has 0 unspecified atom stereocenters. The van der Waals surface area contributed by atoms with E-state index in [1.54, 1.807) is 9.80 Å². The van der Waals surface area contributed by atoms with Gasteiger partial charge in [-0.15, -0.1) is 13.2 Å². The van der Waals surface area contributed by atoms with Crippen LogP contribution in [0.3, 0.4) is 0 Å². The Morgan fingerprint density at radius 2 is 1.66 bits per heavy atom. The normalized spacial score (nSPS) is 16.1. The summed E-state index contributed by atoms with van der Waals surface area (Å²) < 4.78 is 44.7. The molecule has 0 radical (unpaired) electrons. The largest absolute Gasteiger partial charge is 0.573 e. The minimum absolute atomic E-state index is 0.0645. The number of hydrogen-bond donors (Lipinski definition) is 1. The van der Waals surface area contributed by atoms with E-state index in [0.717, 1.165) is 32.6 Å². The van der Waals surface area contributed by atoms with Crippen molar-refractivity contribution in [3.05, 3.63) is 81.1 Å². The Morgan fingerprint density at radius 1 is 0.976 bits per heavy atom. The smallest absolute Gasteiger partial charge is 0.405 e. The number of carbonyl (C=O) groups is 2. The number of fused-ring (bicyclic) bond motifs is 1. The summed E-state index contributed by atoms with van der Waals surface area (Å²) in [6.45, 7) is 0.856. The molecule has 2 aliphatic rings. The van der Waals surface area contributed by atoms with Crippen molar-refractivity contribution in [1.29, 1.82) is 0 Å². The highest BCUT2D eigenvalue weighted by molar-refractivity contribution is 5.91. The van der Waals surface area contributed by atoms with E-state index in [1.165, 1.54) is 25.2 Å². The molecule has 3 amide bonds. The summed E-state index contributed by atoms with van der Waals surface area (Å²) in [6, 6.07) is 12.5. The summed E-state index contributed by atoms with van der Waals surface area (Å²) in [5, 5.41) is 2.96. The van der Waals surface area contributed by atoms with E-state index in [-0.39, 0.29) is 29.1 Å². The monoisotopic (exact) mass is 571 g/mol. The van der Waals surface area contributed by atoms with Crippen molar-refractivity contribution < 1.29 is 27.5 Å². The molecule has 3 heterocycles. The lowest BCUT2D eigenvalue weighted by atomic mass is 10.0. The number of nitrogens with zero attached hydrogens (tertiary/aromatic N) is 4. The molecule has 5 rings (SSSR count). The maximum atomic E-state index is 13.2. The van der Waals surface area contributed by atoms with Gasteiger partial charge in [0.05, 0.1) is 5.56 Å². The number of hydrogen-bond acceptors (Lipinski definition) is 5. The second kappa shape index (κ2) is 11.1. The first-order valence-corrected chi connectivity index (χ1v) is 13.1. The molecule has 1 aromatic heterocycles. The number of anilines is 1. The number of piperidine rings is 1. The SMILES string of the molecule is Cn1c(=O)c(-c2ccccc2OC(F)(F)F)cn(CC(=O)N2CCC(N3CCc4ccccc4NC3=O)CC2)c1=O. The number of halogens is 3. The van der Waals surface area contributed by atoms with Crippen molar-refractivity contribution in [1.82, 2.24) is 18.9 Å². The molecule has 2 aliphatic heterocycles. The van der Waals surface area contributed by atoms with Gasteiger partial charge in [-0.05, 0) is 37.0 Å². The van der Waals surface area contributed by atoms with Gasteiger partial charge in [-0.3, -0.25) is 18.7 Å². The van der Waals surface area contributed by atoms with Crippen molar-refractivity contribution in [2.24, 2.45) is 7.05 Å². The number of carbonyl (C=O) groups excluding carboxylic acids is 2. The van der Waals surface area contributed by atoms with E-state index >= 15 is 0 Å². The van der Waals surface area contributed by atoms with E-state index in [9.17, 15) is 32.3 Å². The molecule has 3 aromatic rings. The second-order valence-corrected chi connectivity index (χ2v) is 10.0. The minimum Gasteiger partial charge on any atom is -0.405 e. The fraction of sp³-hybridized carbons (Fsp3) is 0.357. The summed E-state index contributed by atoms with van der Waals surface area (Å²) in [6.07, 6.45) is -2.09. The third-order valence-corrected chi connectivity index (χ3v) is 7.46. The Bertz CT molecular complexity index is 1590. The summed E-state index contributed by atoms with van der Waals surface area (Å²) in [5.74, 6) is -0.987. The number of urea groups is 1. The van der Waals surface area contributed by atoms with Gasteiger partial charge in [0.1, 0.15) is 12.3 Å². The average Bonchev–Trinajstić information content (AvgIpc) is 3.11. The first-order valence-electron chi connectivity index (χ1n) is 13.1. The number of para-hydroxylation sites is 2. The number of likely N-dealkylation sites (tertiary alicyclic amines) is 1. The van der Waals surface area contributed by atoms with Gasteiger partial charge < -0.3 is 19.9 Å². The van der Waals surface area contributed by atoms with Crippen molar-refractivity contribution >= 4 is 17.6 Å². The third-order valence-electron chi connectivity index (χ3n) is 7.46. The summed E-state index contributed by atoms with van der Waals surface area (Å²) in [4.78, 5) is 55.1. The van der Waals surface area contributed by atoms with Crippen LogP contribution in [0.4, 0.5) is 23.7 Å². The highest BCUT2D eigenvalue weighted by atomic mass is 19.4. The van der Waals surface area contributed by atoms with Crippen LogP contribution in [-0.4, -0.2) is 62.9 Å². The molecule has 10 nitrogen and oxygen atoms in total. The number of alkyl halides is 3. The van der Waals surface area contributed by atoms with Crippen LogP contribution in [0.5, 0.6) is 5.75 Å². The van der Waals surface area contributed by atoms with E-state index in [4.69, 9.17) is 0 Å². The van der Waals surface area contributed by atoms with Crippen LogP contribution in [-0.2, 0) is 24.8 Å². The van der Waals surface area contributed by atoms with Gasteiger partial charge in [0.15, 0.2) is 0 Å². The molecule has 1 fully saturated rings. The fourth-order valence-electron chi connectivity index (χ4n) is 5.34. The van der Waals surface area contributed by atoms with Crippen molar-refractivity contribution in [3.8, 4) is 16.9 Å².